The minimum atomic E-state index is -0.613. The Bertz CT molecular complexity index is 1810. The number of alkyl carbamates (subject to hydrolysis) is 1. The van der Waals surface area contributed by atoms with Crippen LogP contribution in [0.15, 0.2) is 72.8 Å². The number of hydrogen-bond acceptors (Lipinski definition) is 8. The SMILES string of the molecule is CN(C)C(=O)c1cccc(-c2cccc(C[C@H](CC(=O)C3CCC(CNC(=O)OC(C)(C)C)CC3)C(=O)Nc3ccc(-c4nn[nH]n4)cc3)c2)c1. The van der Waals surface area contributed by atoms with E-state index in [9.17, 15) is 19.2 Å². The molecule has 0 bridgehead atoms. The number of H-pyrrole nitrogens is 1. The lowest BCUT2D eigenvalue weighted by atomic mass is 9.77. The number of aromatic amines is 1. The van der Waals surface area contributed by atoms with Gasteiger partial charge in [0.1, 0.15) is 11.4 Å². The highest BCUT2D eigenvalue weighted by Crippen LogP contribution is 2.32. The highest BCUT2D eigenvalue weighted by molar-refractivity contribution is 5.96. The van der Waals surface area contributed by atoms with E-state index < -0.39 is 17.6 Å². The summed E-state index contributed by atoms with van der Waals surface area (Å²) >= 11 is 0. The van der Waals surface area contributed by atoms with Gasteiger partial charge in [-0.05, 0) is 117 Å². The van der Waals surface area contributed by atoms with Crippen molar-refractivity contribution in [3.05, 3.63) is 83.9 Å². The lowest BCUT2D eigenvalue weighted by Crippen LogP contribution is -2.37. The second-order valence-electron chi connectivity index (χ2n) is 14.5. The van der Waals surface area contributed by atoms with Crippen molar-refractivity contribution in [3.8, 4) is 22.5 Å². The third-order valence-electron chi connectivity index (χ3n) is 9.07. The Morgan fingerprint density at radius 3 is 2.24 bits per heavy atom. The molecule has 51 heavy (non-hydrogen) atoms. The number of benzene rings is 3. The number of nitrogens with zero attached hydrogens (tertiary/aromatic N) is 4. The predicted octanol–water partition coefficient (Wildman–Crippen LogP) is 6.32. The van der Waals surface area contributed by atoms with Gasteiger partial charge in [0.25, 0.3) is 5.91 Å². The standard InChI is InChI=1S/C39H47N7O5/c1-39(2,3)51-38(50)40-24-25-12-14-27(15-13-25)34(47)23-32(36(48)41-33-18-16-28(17-19-33)35-42-44-45-43-35)21-26-8-6-9-29(20-26)30-10-7-11-31(22-30)37(49)46(4)5/h6-11,16-20,22,25,27,32H,12-15,21,23-24H2,1-5H3,(H,40,50)(H,41,48)(H,42,43,44,45)/t25?,27?,32-/m1/s1. The van der Waals surface area contributed by atoms with Crippen molar-refractivity contribution in [1.82, 2.24) is 30.8 Å². The van der Waals surface area contributed by atoms with Crippen molar-refractivity contribution in [2.75, 3.05) is 26.0 Å². The summed E-state index contributed by atoms with van der Waals surface area (Å²) in [6.07, 6.45) is 3.08. The molecule has 1 aromatic heterocycles. The Labute approximate surface area is 298 Å². The van der Waals surface area contributed by atoms with E-state index in [0.717, 1.165) is 35.1 Å². The maximum atomic E-state index is 13.9. The Kier molecular flexibility index (Phi) is 12.0. The number of carbonyl (C=O) groups excluding carboxylic acids is 4. The number of ketones is 1. The summed E-state index contributed by atoms with van der Waals surface area (Å²) in [5.41, 5.74) is 4.09. The van der Waals surface area contributed by atoms with E-state index >= 15 is 0 Å². The maximum absolute atomic E-state index is 13.9. The van der Waals surface area contributed by atoms with Crippen LogP contribution in [0.1, 0.15) is 68.8 Å². The van der Waals surface area contributed by atoms with Gasteiger partial charge in [0, 0.05) is 55.7 Å². The molecule has 12 nitrogen and oxygen atoms in total. The van der Waals surface area contributed by atoms with Crippen molar-refractivity contribution in [1.29, 1.82) is 0 Å². The van der Waals surface area contributed by atoms with Crippen molar-refractivity contribution in [2.24, 2.45) is 17.8 Å². The Morgan fingerprint density at radius 1 is 0.902 bits per heavy atom. The molecule has 0 spiro atoms. The smallest absolute Gasteiger partial charge is 0.407 e. The zero-order valence-electron chi connectivity index (χ0n) is 29.9. The molecular formula is C39H47N7O5. The second-order valence-corrected chi connectivity index (χ2v) is 14.5. The second kappa shape index (κ2) is 16.5. The number of amides is 3. The highest BCUT2D eigenvalue weighted by atomic mass is 16.6. The molecule has 0 radical (unpaired) electrons. The molecule has 0 unspecified atom stereocenters. The van der Waals surface area contributed by atoms with Crippen LogP contribution in [0.4, 0.5) is 10.5 Å². The first-order valence-electron chi connectivity index (χ1n) is 17.4. The lowest BCUT2D eigenvalue weighted by molar-refractivity contribution is -0.129. The summed E-state index contributed by atoms with van der Waals surface area (Å²) in [5, 5.41) is 19.9. The average molecular weight is 694 g/mol. The van der Waals surface area contributed by atoms with Crippen molar-refractivity contribution in [2.45, 2.75) is 64.9 Å². The maximum Gasteiger partial charge on any atom is 0.407 e. The van der Waals surface area contributed by atoms with Gasteiger partial charge in [-0.1, -0.05) is 36.4 Å². The molecule has 0 aliphatic heterocycles. The number of nitrogens with one attached hydrogen (secondary N) is 3. The fraction of sp³-hybridized carbons (Fsp3) is 0.410. The van der Waals surface area contributed by atoms with Gasteiger partial charge >= 0.3 is 6.09 Å². The molecule has 1 saturated carbocycles. The number of Topliss-reactive ketones (excluding diaryl/α,β-unsaturated/α-hetero) is 1. The molecule has 4 aromatic rings. The summed E-state index contributed by atoms with van der Waals surface area (Å²) in [4.78, 5) is 54.0. The highest BCUT2D eigenvalue weighted by Gasteiger charge is 2.31. The van der Waals surface area contributed by atoms with Crippen LogP contribution >= 0.6 is 0 Å². The van der Waals surface area contributed by atoms with Gasteiger partial charge in [0.15, 0.2) is 0 Å². The first-order chi connectivity index (χ1) is 24.3. The topological polar surface area (TPSA) is 159 Å². The number of ether oxygens (including phenoxy) is 1. The summed E-state index contributed by atoms with van der Waals surface area (Å²) in [6, 6.07) is 22.5. The van der Waals surface area contributed by atoms with Crippen LogP contribution in [-0.4, -0.2) is 75.5 Å². The first kappa shape index (κ1) is 36.9. The fourth-order valence-corrected chi connectivity index (χ4v) is 6.38. The summed E-state index contributed by atoms with van der Waals surface area (Å²) in [6.45, 7) is 6.00. The van der Waals surface area contributed by atoms with Gasteiger partial charge in [0.2, 0.25) is 11.7 Å². The number of tetrazole rings is 1. The van der Waals surface area contributed by atoms with Crippen LogP contribution in [-0.2, 0) is 20.7 Å². The van der Waals surface area contributed by atoms with Crippen LogP contribution in [0.25, 0.3) is 22.5 Å². The van der Waals surface area contributed by atoms with Crippen molar-refractivity contribution >= 4 is 29.4 Å². The first-order valence-corrected chi connectivity index (χ1v) is 17.4. The van der Waals surface area contributed by atoms with E-state index in [1.54, 1.807) is 49.3 Å². The molecular weight excluding hydrogens is 646 g/mol. The Morgan fingerprint density at radius 2 is 1.59 bits per heavy atom. The molecule has 1 heterocycles. The molecule has 5 rings (SSSR count). The molecule has 1 aliphatic rings. The number of rotatable bonds is 12. The minimum absolute atomic E-state index is 0.0761. The van der Waals surface area contributed by atoms with Crippen molar-refractivity contribution in [3.63, 3.8) is 0 Å². The zero-order chi connectivity index (χ0) is 36.5. The summed E-state index contributed by atoms with van der Waals surface area (Å²) in [7, 11) is 3.44. The van der Waals surface area contributed by atoms with E-state index in [0.29, 0.717) is 42.9 Å². The van der Waals surface area contributed by atoms with Crippen LogP contribution < -0.4 is 10.6 Å². The Balaban J connectivity index is 1.28. The number of carbonyl (C=O) groups is 4. The minimum Gasteiger partial charge on any atom is -0.444 e. The Hall–Kier alpha value is -5.39. The van der Waals surface area contributed by atoms with Crippen LogP contribution in [0.2, 0.25) is 0 Å². The van der Waals surface area contributed by atoms with Gasteiger partial charge in [-0.2, -0.15) is 5.21 Å². The normalized spacial score (nSPS) is 16.5. The van der Waals surface area contributed by atoms with E-state index in [2.05, 4.69) is 31.3 Å². The largest absolute Gasteiger partial charge is 0.444 e. The van der Waals surface area contributed by atoms with Gasteiger partial charge in [-0.3, -0.25) is 14.4 Å². The predicted molar refractivity (Wildman–Crippen MR) is 195 cm³/mol. The lowest BCUT2D eigenvalue weighted by Gasteiger charge is -2.29. The molecule has 1 atom stereocenters. The van der Waals surface area contributed by atoms with Crippen LogP contribution in [0.5, 0.6) is 0 Å². The monoisotopic (exact) mass is 693 g/mol. The quantitative estimate of drug-likeness (QED) is 0.155. The zero-order valence-corrected chi connectivity index (χ0v) is 29.9. The van der Waals surface area contributed by atoms with E-state index in [1.807, 2.05) is 63.2 Å². The fourth-order valence-electron chi connectivity index (χ4n) is 6.38. The van der Waals surface area contributed by atoms with E-state index in [-0.39, 0.29) is 35.9 Å². The number of anilines is 1. The average Bonchev–Trinajstić information content (AvgIpc) is 3.65. The van der Waals surface area contributed by atoms with Crippen LogP contribution in [0, 0.1) is 17.8 Å². The molecule has 12 heteroatoms. The third kappa shape index (κ3) is 10.6. The van der Waals surface area contributed by atoms with Gasteiger partial charge < -0.3 is 20.3 Å². The molecule has 3 N–H and O–H groups in total. The van der Waals surface area contributed by atoms with Crippen LogP contribution in [0.3, 0.4) is 0 Å². The van der Waals surface area contributed by atoms with Gasteiger partial charge in [-0.15, -0.1) is 10.2 Å². The number of aromatic nitrogens is 4. The van der Waals surface area contributed by atoms with E-state index in [1.165, 1.54) is 0 Å². The molecule has 1 fully saturated rings. The molecule has 3 amide bonds. The van der Waals surface area contributed by atoms with Crippen molar-refractivity contribution < 1.29 is 23.9 Å². The van der Waals surface area contributed by atoms with Gasteiger partial charge in [0.05, 0.1) is 0 Å². The summed E-state index contributed by atoms with van der Waals surface area (Å²) < 4.78 is 5.36. The molecule has 268 valence electrons. The number of hydrogen-bond donors (Lipinski definition) is 3. The van der Waals surface area contributed by atoms with Gasteiger partial charge in [-0.25, -0.2) is 4.79 Å². The third-order valence-corrected chi connectivity index (χ3v) is 9.07. The molecule has 1 aliphatic carbocycles. The molecule has 0 saturated heterocycles. The van der Waals surface area contributed by atoms with E-state index in [4.69, 9.17) is 4.74 Å². The molecule has 3 aromatic carbocycles. The summed E-state index contributed by atoms with van der Waals surface area (Å²) in [5.74, 6) is -0.286.